The van der Waals surface area contributed by atoms with E-state index in [-0.39, 0.29) is 29.5 Å². The Bertz CT molecular complexity index is 1720. The van der Waals surface area contributed by atoms with Crippen molar-refractivity contribution in [2.24, 2.45) is 0 Å². The predicted octanol–water partition coefficient (Wildman–Crippen LogP) is 5.18. The highest BCUT2D eigenvalue weighted by Crippen LogP contribution is 2.33. The predicted molar refractivity (Wildman–Crippen MR) is 175 cm³/mol. The molecule has 5 atom stereocenters. The fourth-order valence-corrected chi connectivity index (χ4v) is 8.21. The lowest BCUT2D eigenvalue weighted by Gasteiger charge is -2.37. The van der Waals surface area contributed by atoms with Gasteiger partial charge in [-0.05, 0) is 67.1 Å². The van der Waals surface area contributed by atoms with Gasteiger partial charge in [0, 0.05) is 60.5 Å². The van der Waals surface area contributed by atoms with Gasteiger partial charge in [-0.2, -0.15) is 13.1 Å². The third-order valence-electron chi connectivity index (χ3n) is 8.77. The van der Waals surface area contributed by atoms with Crippen molar-refractivity contribution in [1.82, 2.24) is 19.9 Å². The number of halogens is 4. The molecule has 10 nitrogen and oxygen atoms in total. The number of hydrogen-bond acceptors (Lipinski definition) is 7. The van der Waals surface area contributed by atoms with Gasteiger partial charge in [0.2, 0.25) is 15.9 Å². The number of carbonyl (C=O) groups excluding carboxylic acids is 2. The Kier molecular flexibility index (Phi) is 11.0. The number of hydrogen-bond donors (Lipinski definition) is 3. The molecule has 2 aliphatic rings. The van der Waals surface area contributed by atoms with Gasteiger partial charge >= 0.3 is 6.09 Å². The summed E-state index contributed by atoms with van der Waals surface area (Å²) < 4.78 is 75.6. The molecule has 2 amide bonds. The number of nitrogens with zero attached hydrogens (tertiary/aromatic N) is 2. The van der Waals surface area contributed by atoms with Gasteiger partial charge < -0.3 is 20.7 Å². The summed E-state index contributed by atoms with van der Waals surface area (Å²) in [5, 5.41) is 9.08. The topological polar surface area (TPSA) is 130 Å². The van der Waals surface area contributed by atoms with E-state index >= 15 is 4.39 Å². The lowest BCUT2D eigenvalue weighted by atomic mass is 9.85. The van der Waals surface area contributed by atoms with E-state index in [1.165, 1.54) is 34.8 Å². The van der Waals surface area contributed by atoms with Crippen molar-refractivity contribution in [2.75, 3.05) is 31.3 Å². The van der Waals surface area contributed by atoms with E-state index in [0.717, 1.165) is 19.6 Å². The van der Waals surface area contributed by atoms with Crippen LogP contribution in [0.4, 0.5) is 23.7 Å². The number of piperazine rings is 1. The number of pyridine rings is 1. The first-order valence-electron chi connectivity index (χ1n) is 15.5. The second-order valence-corrected chi connectivity index (χ2v) is 14.6. The molecule has 2 saturated heterocycles. The number of alkyl carbamates (subject to hydrolysis) is 1. The maximum absolute atomic E-state index is 15.4. The highest BCUT2D eigenvalue weighted by Gasteiger charge is 2.38. The average molecular weight is 708 g/mol. The third kappa shape index (κ3) is 8.28. The van der Waals surface area contributed by atoms with Crippen LogP contribution in [0.3, 0.4) is 0 Å². The minimum atomic E-state index is -3.46. The van der Waals surface area contributed by atoms with E-state index in [0.29, 0.717) is 49.0 Å². The van der Waals surface area contributed by atoms with Gasteiger partial charge in [0.15, 0.2) is 0 Å². The lowest BCUT2D eigenvalue weighted by molar-refractivity contribution is -0.118. The number of fused-ring (bicyclic) bond motifs is 2. The van der Waals surface area contributed by atoms with Crippen LogP contribution in [0.15, 0.2) is 60.8 Å². The number of benzene rings is 2. The quantitative estimate of drug-likeness (QED) is 0.265. The van der Waals surface area contributed by atoms with Crippen LogP contribution in [0.1, 0.15) is 54.5 Å². The van der Waals surface area contributed by atoms with Crippen molar-refractivity contribution in [1.29, 1.82) is 0 Å². The Labute approximate surface area is 282 Å². The lowest BCUT2D eigenvalue weighted by Crippen LogP contribution is -2.57. The number of carbonyl (C=O) groups is 2. The third-order valence-corrected chi connectivity index (χ3v) is 11.0. The molecule has 2 aliphatic heterocycles. The number of sulfonamides is 1. The van der Waals surface area contributed by atoms with Crippen molar-refractivity contribution in [3.8, 4) is 0 Å². The van der Waals surface area contributed by atoms with Crippen LogP contribution < -0.4 is 16.0 Å². The van der Waals surface area contributed by atoms with Crippen molar-refractivity contribution >= 4 is 39.3 Å². The van der Waals surface area contributed by atoms with E-state index in [9.17, 15) is 26.8 Å². The Morgan fingerprint density at radius 2 is 1.88 bits per heavy atom. The molecule has 5 rings (SSSR count). The first kappa shape index (κ1) is 35.6. The van der Waals surface area contributed by atoms with Gasteiger partial charge in [-0.1, -0.05) is 35.9 Å². The van der Waals surface area contributed by atoms with Crippen LogP contribution in [0, 0.1) is 5.82 Å². The molecule has 1 aromatic heterocycles. The Morgan fingerprint density at radius 1 is 1.15 bits per heavy atom. The number of rotatable bonds is 10. The largest absolute Gasteiger partial charge is 0.453 e. The summed E-state index contributed by atoms with van der Waals surface area (Å²) in [5.41, 5.74) is 0.629. The van der Waals surface area contributed by atoms with Crippen LogP contribution >= 0.6 is 11.6 Å². The summed E-state index contributed by atoms with van der Waals surface area (Å²) in [4.78, 5) is 30.6. The van der Waals surface area contributed by atoms with Gasteiger partial charge in [-0.25, -0.2) is 17.6 Å². The molecule has 258 valence electrons. The zero-order chi connectivity index (χ0) is 34.6. The molecule has 3 heterocycles. The molecule has 3 N–H and O–H groups in total. The summed E-state index contributed by atoms with van der Waals surface area (Å²) >= 11 is 6.12. The molecule has 3 aromatic rings. The molecule has 0 radical (unpaired) electrons. The fourth-order valence-electron chi connectivity index (χ4n) is 6.28. The smallest absolute Gasteiger partial charge is 0.407 e. The van der Waals surface area contributed by atoms with Crippen molar-refractivity contribution < 1.29 is 35.9 Å². The molecule has 2 fully saturated rings. The van der Waals surface area contributed by atoms with E-state index in [1.807, 2.05) is 0 Å². The van der Waals surface area contributed by atoms with Crippen LogP contribution in [0.5, 0.6) is 0 Å². The maximum atomic E-state index is 15.4. The zero-order valence-corrected chi connectivity index (χ0v) is 28.0. The molecule has 15 heteroatoms. The summed E-state index contributed by atoms with van der Waals surface area (Å²) in [7, 11) is -2.34. The summed E-state index contributed by atoms with van der Waals surface area (Å²) in [6.45, 7) is 1.49. The second kappa shape index (κ2) is 14.8. The number of amides is 2. The summed E-state index contributed by atoms with van der Waals surface area (Å²) in [6.07, 6.45) is 1.99. The average Bonchev–Trinajstić information content (AvgIpc) is 3.16. The number of methoxy groups -OCH3 is 1. The van der Waals surface area contributed by atoms with Crippen molar-refractivity contribution in [3.63, 3.8) is 0 Å². The van der Waals surface area contributed by atoms with Crippen molar-refractivity contribution in [3.05, 3.63) is 94.0 Å². The van der Waals surface area contributed by atoms with E-state index in [1.54, 1.807) is 24.3 Å². The molecule has 3 unspecified atom stereocenters. The number of alkyl halides is 2. The zero-order valence-electron chi connectivity index (χ0n) is 26.4. The summed E-state index contributed by atoms with van der Waals surface area (Å²) in [5.74, 6) is -5.48. The molecule has 48 heavy (non-hydrogen) atoms. The first-order valence-corrected chi connectivity index (χ1v) is 17.5. The van der Waals surface area contributed by atoms with E-state index < -0.39 is 57.5 Å². The molecular weight excluding hydrogens is 671 g/mol. The molecule has 2 bridgehead atoms. The Hall–Kier alpha value is -3.72. The minimum Gasteiger partial charge on any atom is -0.453 e. The monoisotopic (exact) mass is 707 g/mol. The molecule has 0 aliphatic carbocycles. The van der Waals surface area contributed by atoms with Crippen LogP contribution in [0.2, 0.25) is 5.02 Å². The Balaban J connectivity index is 1.46. The molecule has 2 aromatic carbocycles. The summed E-state index contributed by atoms with van der Waals surface area (Å²) in [6, 6.07) is 11.4. The number of nitrogens with one attached hydrogen (secondary N) is 3. The number of ether oxygens (including phenoxy) is 1. The maximum Gasteiger partial charge on any atom is 0.407 e. The van der Waals surface area contributed by atoms with Crippen LogP contribution in [0.25, 0.3) is 0 Å². The SMILES string of the molecule is COC(=O)N[C@H](C(=O)Nc1cccc(F)c1CCC1CNC2CCCS(=O)(=O)N1C2)[C@@H](c1ccc(Cl)cc1)c1ccc(C(C)(F)F)nc1. The number of aromatic nitrogens is 1. The second-order valence-electron chi connectivity index (χ2n) is 12.1. The van der Waals surface area contributed by atoms with E-state index in [4.69, 9.17) is 16.3 Å². The molecule has 0 saturated carbocycles. The highest BCUT2D eigenvalue weighted by molar-refractivity contribution is 7.89. The minimum absolute atomic E-state index is 0.0607. The Morgan fingerprint density at radius 3 is 2.54 bits per heavy atom. The molecular formula is C33H37ClF3N5O5S. The van der Waals surface area contributed by atoms with E-state index in [2.05, 4.69) is 20.9 Å². The van der Waals surface area contributed by atoms with Crippen LogP contribution in [-0.2, 0) is 31.9 Å². The molecule has 0 spiro atoms. The van der Waals surface area contributed by atoms with Gasteiger partial charge in [0.25, 0.3) is 5.92 Å². The highest BCUT2D eigenvalue weighted by atomic mass is 35.5. The normalized spacial score (nSPS) is 21.8. The van der Waals surface area contributed by atoms with Gasteiger partial charge in [0.05, 0.1) is 12.9 Å². The standard InChI is InChI=1S/C33H37ClF3N5O5S/c1-33(36,37)28-15-10-21(17-39-28)29(20-8-11-22(34)12-9-20)30(41-32(44)47-2)31(43)40-27-7-3-6-26(35)25(27)14-13-24-18-38-23-5-4-16-48(45,46)42(24)19-23/h3,6-12,15,17,23-24,29-30,38H,4-5,13-14,16,18-19H2,1-2H3,(H,40,43)(H,41,44)/t23?,24?,29-,30-/m0/s1. The van der Waals surface area contributed by atoms with Gasteiger partial charge in [-0.3, -0.25) is 9.78 Å². The van der Waals surface area contributed by atoms with Crippen molar-refractivity contribution in [2.45, 2.75) is 62.6 Å². The first-order chi connectivity index (χ1) is 22.8. The van der Waals surface area contributed by atoms with Crippen LogP contribution in [-0.4, -0.2) is 73.8 Å². The van der Waals surface area contributed by atoms with Gasteiger partial charge in [-0.15, -0.1) is 0 Å². The fraction of sp³-hybridized carbons (Fsp3) is 0.424. The van der Waals surface area contributed by atoms with Gasteiger partial charge in [0.1, 0.15) is 17.6 Å². The number of anilines is 1.